The summed E-state index contributed by atoms with van der Waals surface area (Å²) < 4.78 is 10.3. The van der Waals surface area contributed by atoms with Crippen LogP contribution in [0.25, 0.3) is 22.5 Å². The maximum absolute atomic E-state index is 10.7. The first kappa shape index (κ1) is 10.4. The molecule has 0 atom stereocenters. The van der Waals surface area contributed by atoms with Crippen molar-refractivity contribution in [1.82, 2.24) is 5.16 Å². The smallest absolute Gasteiger partial charge is 0.358 e. The molecule has 2 heterocycles. The molecule has 18 heavy (non-hydrogen) atoms. The van der Waals surface area contributed by atoms with E-state index < -0.39 is 5.97 Å². The van der Waals surface area contributed by atoms with Gasteiger partial charge >= 0.3 is 5.97 Å². The number of furan rings is 1. The average molecular weight is 245 g/mol. The lowest BCUT2D eigenvalue weighted by molar-refractivity contribution is 0.0686. The van der Waals surface area contributed by atoms with E-state index in [1.807, 2.05) is 0 Å². The Labute approximate surface area is 100 Å². The number of phenols is 1. The first-order chi connectivity index (χ1) is 8.65. The maximum Gasteiger partial charge on any atom is 0.358 e. The SMILES string of the molecule is O=C(O)c1cc(-c2cc3c(O)cccc3o2)on1. The highest BCUT2D eigenvalue weighted by Crippen LogP contribution is 2.32. The summed E-state index contributed by atoms with van der Waals surface area (Å²) in [6, 6.07) is 7.69. The molecule has 0 spiro atoms. The van der Waals surface area contributed by atoms with E-state index >= 15 is 0 Å². The van der Waals surface area contributed by atoms with E-state index in [1.165, 1.54) is 12.1 Å². The second-order valence-electron chi connectivity index (χ2n) is 3.68. The highest BCUT2D eigenvalue weighted by atomic mass is 16.5. The number of aromatic carboxylic acids is 1. The molecule has 0 amide bonds. The number of fused-ring (bicyclic) bond motifs is 1. The zero-order valence-corrected chi connectivity index (χ0v) is 8.95. The molecule has 2 N–H and O–H groups in total. The fourth-order valence-corrected chi connectivity index (χ4v) is 1.66. The summed E-state index contributed by atoms with van der Waals surface area (Å²) in [6.45, 7) is 0. The topological polar surface area (TPSA) is 96.7 Å². The van der Waals surface area contributed by atoms with Gasteiger partial charge in [0.1, 0.15) is 11.3 Å². The van der Waals surface area contributed by atoms with E-state index in [1.54, 1.807) is 18.2 Å². The Bertz CT molecular complexity index is 740. The molecule has 0 saturated heterocycles. The number of carboxylic acid groups (broad SMARTS) is 1. The highest BCUT2D eigenvalue weighted by molar-refractivity contribution is 5.89. The average Bonchev–Trinajstić information content (AvgIpc) is 2.95. The van der Waals surface area contributed by atoms with Gasteiger partial charge in [0.2, 0.25) is 5.76 Å². The number of rotatable bonds is 2. The highest BCUT2D eigenvalue weighted by Gasteiger charge is 2.16. The standard InChI is InChI=1S/C12H7NO5/c14-8-2-1-3-9-6(8)4-10(17-9)11-5-7(12(15)16)13-18-11/h1-5,14H,(H,15,16). The molecule has 3 rings (SSSR count). The van der Waals surface area contributed by atoms with Gasteiger partial charge in [0.15, 0.2) is 11.5 Å². The molecule has 90 valence electrons. The normalized spacial score (nSPS) is 10.9. The van der Waals surface area contributed by atoms with Gasteiger partial charge in [-0.05, 0) is 18.2 Å². The molecule has 6 nitrogen and oxygen atoms in total. The Balaban J connectivity index is 2.13. The van der Waals surface area contributed by atoms with Crippen LogP contribution < -0.4 is 0 Å². The lowest BCUT2D eigenvalue weighted by Crippen LogP contribution is -1.94. The van der Waals surface area contributed by atoms with E-state index in [2.05, 4.69) is 5.16 Å². The zero-order valence-electron chi connectivity index (χ0n) is 8.95. The molecular weight excluding hydrogens is 238 g/mol. The fraction of sp³-hybridized carbons (Fsp3) is 0. The van der Waals surface area contributed by atoms with Gasteiger partial charge in [0, 0.05) is 6.07 Å². The minimum atomic E-state index is -1.18. The molecule has 0 bridgehead atoms. The van der Waals surface area contributed by atoms with Crippen LogP contribution in [0.2, 0.25) is 0 Å². The number of benzene rings is 1. The van der Waals surface area contributed by atoms with Crippen molar-refractivity contribution < 1.29 is 23.9 Å². The number of aromatic hydroxyl groups is 1. The molecule has 2 aromatic heterocycles. The van der Waals surface area contributed by atoms with Gasteiger partial charge in [-0.2, -0.15) is 0 Å². The Morgan fingerprint density at radius 1 is 1.22 bits per heavy atom. The summed E-state index contributed by atoms with van der Waals surface area (Å²) in [5.74, 6) is -0.584. The second-order valence-corrected chi connectivity index (χ2v) is 3.68. The molecule has 6 heteroatoms. The number of nitrogens with zero attached hydrogens (tertiary/aromatic N) is 1. The molecule has 3 aromatic rings. The minimum absolute atomic E-state index is 0.0838. The van der Waals surface area contributed by atoms with Crippen LogP contribution in [0.3, 0.4) is 0 Å². The summed E-state index contributed by atoms with van der Waals surface area (Å²) in [5.41, 5.74) is 0.285. The molecule has 0 aliphatic heterocycles. The van der Waals surface area contributed by atoms with Crippen molar-refractivity contribution in [3.63, 3.8) is 0 Å². The maximum atomic E-state index is 10.7. The Hall–Kier alpha value is -2.76. The third-order valence-electron chi connectivity index (χ3n) is 2.51. The number of phenolic OH excluding ortho intramolecular Hbond substituents is 1. The third kappa shape index (κ3) is 1.51. The number of hydrogen-bond donors (Lipinski definition) is 2. The van der Waals surface area contributed by atoms with Crippen LogP contribution >= 0.6 is 0 Å². The van der Waals surface area contributed by atoms with Gasteiger partial charge in [-0.3, -0.25) is 0 Å². The predicted molar refractivity (Wildman–Crippen MR) is 60.3 cm³/mol. The summed E-state index contributed by atoms with van der Waals surface area (Å²) >= 11 is 0. The van der Waals surface area contributed by atoms with E-state index in [9.17, 15) is 9.90 Å². The molecular formula is C12H7NO5. The molecule has 0 radical (unpaired) electrons. The van der Waals surface area contributed by atoms with Crippen molar-refractivity contribution in [2.24, 2.45) is 0 Å². The van der Waals surface area contributed by atoms with Gasteiger partial charge in [-0.15, -0.1) is 0 Å². The number of carbonyl (C=O) groups is 1. The van der Waals surface area contributed by atoms with Crippen molar-refractivity contribution >= 4 is 16.9 Å². The molecule has 0 aliphatic carbocycles. The first-order valence-corrected chi connectivity index (χ1v) is 5.07. The van der Waals surface area contributed by atoms with Crippen LogP contribution in [-0.4, -0.2) is 21.3 Å². The molecule has 1 aromatic carbocycles. The molecule has 0 unspecified atom stereocenters. The van der Waals surface area contributed by atoms with Crippen molar-refractivity contribution in [3.05, 3.63) is 36.0 Å². The van der Waals surface area contributed by atoms with Gasteiger partial charge < -0.3 is 19.2 Å². The van der Waals surface area contributed by atoms with Crippen molar-refractivity contribution in [2.75, 3.05) is 0 Å². The predicted octanol–water partition coefficient (Wildman–Crippen LogP) is 2.49. The quantitative estimate of drug-likeness (QED) is 0.719. The van der Waals surface area contributed by atoms with Crippen LogP contribution in [0.1, 0.15) is 10.5 Å². The van der Waals surface area contributed by atoms with Crippen LogP contribution in [0, 0.1) is 0 Å². The zero-order chi connectivity index (χ0) is 12.7. The third-order valence-corrected chi connectivity index (χ3v) is 2.51. The van der Waals surface area contributed by atoms with Crippen LogP contribution in [0.5, 0.6) is 5.75 Å². The van der Waals surface area contributed by atoms with Gasteiger partial charge in [-0.1, -0.05) is 11.2 Å². The Morgan fingerprint density at radius 2 is 2.06 bits per heavy atom. The molecule has 0 saturated carbocycles. The Morgan fingerprint density at radius 3 is 2.72 bits per heavy atom. The Kier molecular flexibility index (Phi) is 2.09. The van der Waals surface area contributed by atoms with Gasteiger partial charge in [-0.25, -0.2) is 4.79 Å². The van der Waals surface area contributed by atoms with Crippen LogP contribution in [0.4, 0.5) is 0 Å². The summed E-state index contributed by atoms with van der Waals surface area (Å²) in [7, 11) is 0. The minimum Gasteiger partial charge on any atom is -0.507 e. The monoisotopic (exact) mass is 245 g/mol. The van der Waals surface area contributed by atoms with Crippen LogP contribution in [-0.2, 0) is 0 Å². The van der Waals surface area contributed by atoms with Gasteiger partial charge in [0.25, 0.3) is 0 Å². The molecule has 0 fully saturated rings. The van der Waals surface area contributed by atoms with Crippen molar-refractivity contribution in [3.8, 4) is 17.3 Å². The second kappa shape index (κ2) is 3.63. The number of hydrogen-bond acceptors (Lipinski definition) is 5. The number of carboxylic acids is 1. The summed E-state index contributed by atoms with van der Waals surface area (Å²) in [4.78, 5) is 10.7. The lowest BCUT2D eigenvalue weighted by Gasteiger charge is -1.89. The summed E-state index contributed by atoms with van der Waals surface area (Å²) in [6.07, 6.45) is 0. The van der Waals surface area contributed by atoms with E-state index in [0.29, 0.717) is 16.7 Å². The largest absolute Gasteiger partial charge is 0.507 e. The van der Waals surface area contributed by atoms with Crippen molar-refractivity contribution in [2.45, 2.75) is 0 Å². The lowest BCUT2D eigenvalue weighted by atomic mass is 10.2. The van der Waals surface area contributed by atoms with Crippen molar-refractivity contribution in [1.29, 1.82) is 0 Å². The summed E-state index contributed by atoms with van der Waals surface area (Å²) in [5, 5.41) is 22.3. The first-order valence-electron chi connectivity index (χ1n) is 5.07. The van der Waals surface area contributed by atoms with Crippen LogP contribution in [0.15, 0.2) is 39.3 Å². The number of aromatic nitrogens is 1. The van der Waals surface area contributed by atoms with Gasteiger partial charge in [0.05, 0.1) is 5.39 Å². The molecule has 0 aliphatic rings. The van der Waals surface area contributed by atoms with E-state index in [0.717, 1.165) is 0 Å². The fourth-order valence-electron chi connectivity index (χ4n) is 1.66. The van der Waals surface area contributed by atoms with E-state index in [-0.39, 0.29) is 17.2 Å². The van der Waals surface area contributed by atoms with E-state index in [4.69, 9.17) is 14.0 Å².